The van der Waals surface area contributed by atoms with Gasteiger partial charge in [-0.05, 0) is 42.0 Å². The lowest BCUT2D eigenvalue weighted by Crippen LogP contribution is -2.54. The molecule has 0 unspecified atom stereocenters. The number of imide groups is 2. The number of carbonyl (C=O) groups is 3. The number of nitrogens with one attached hydrogen (secondary N) is 1. The molecule has 23 heavy (non-hydrogen) atoms. The Morgan fingerprint density at radius 3 is 2.48 bits per heavy atom. The van der Waals surface area contributed by atoms with Crippen LogP contribution in [-0.2, 0) is 9.59 Å². The van der Waals surface area contributed by atoms with E-state index in [-0.39, 0.29) is 11.3 Å². The SMILES string of the molecule is O=C1NC(=O)N(c2ccc(F)cc2)C(=O)/C1=C/c1cccnc1. The Bertz CT molecular complexity index is 816. The summed E-state index contributed by atoms with van der Waals surface area (Å²) >= 11 is 0. The van der Waals surface area contributed by atoms with Crippen molar-refractivity contribution in [1.82, 2.24) is 10.3 Å². The molecule has 1 N–H and O–H groups in total. The summed E-state index contributed by atoms with van der Waals surface area (Å²) in [6.45, 7) is 0. The minimum Gasteiger partial charge on any atom is -0.273 e. The van der Waals surface area contributed by atoms with Gasteiger partial charge in [0.05, 0.1) is 5.69 Å². The van der Waals surface area contributed by atoms with E-state index in [0.29, 0.717) is 5.56 Å². The quantitative estimate of drug-likeness (QED) is 0.678. The van der Waals surface area contributed by atoms with Gasteiger partial charge < -0.3 is 0 Å². The van der Waals surface area contributed by atoms with Crippen molar-refractivity contribution in [1.29, 1.82) is 0 Å². The highest BCUT2D eigenvalue weighted by molar-refractivity contribution is 6.39. The lowest BCUT2D eigenvalue weighted by atomic mass is 10.1. The van der Waals surface area contributed by atoms with Gasteiger partial charge in [0.15, 0.2) is 0 Å². The minimum absolute atomic E-state index is 0.165. The predicted octanol–water partition coefficient (Wildman–Crippen LogP) is 1.89. The van der Waals surface area contributed by atoms with Crippen molar-refractivity contribution in [3.63, 3.8) is 0 Å². The lowest BCUT2D eigenvalue weighted by Gasteiger charge is -2.26. The molecule has 0 radical (unpaired) electrons. The first-order valence-electron chi connectivity index (χ1n) is 6.63. The Morgan fingerprint density at radius 1 is 1.09 bits per heavy atom. The van der Waals surface area contributed by atoms with Crippen molar-refractivity contribution in [3.8, 4) is 0 Å². The number of amides is 4. The molecule has 114 valence electrons. The van der Waals surface area contributed by atoms with Gasteiger partial charge in [0.1, 0.15) is 11.4 Å². The van der Waals surface area contributed by atoms with Gasteiger partial charge in [-0.1, -0.05) is 6.07 Å². The third-order valence-electron chi connectivity index (χ3n) is 3.18. The van der Waals surface area contributed by atoms with Gasteiger partial charge in [-0.2, -0.15) is 0 Å². The molecule has 2 aromatic rings. The first-order chi connectivity index (χ1) is 11.1. The average molecular weight is 311 g/mol. The third kappa shape index (κ3) is 2.84. The van der Waals surface area contributed by atoms with Crippen LogP contribution in [0.25, 0.3) is 6.08 Å². The molecule has 0 saturated carbocycles. The van der Waals surface area contributed by atoms with E-state index in [9.17, 15) is 18.8 Å². The summed E-state index contributed by atoms with van der Waals surface area (Å²) in [5, 5.41) is 2.09. The number of hydrogen-bond donors (Lipinski definition) is 1. The Labute approximate surface area is 130 Å². The molecule has 0 bridgehead atoms. The van der Waals surface area contributed by atoms with Gasteiger partial charge in [0, 0.05) is 12.4 Å². The van der Waals surface area contributed by atoms with E-state index >= 15 is 0 Å². The van der Waals surface area contributed by atoms with Crippen molar-refractivity contribution in [2.75, 3.05) is 4.90 Å². The van der Waals surface area contributed by atoms with Crippen LogP contribution in [-0.4, -0.2) is 22.8 Å². The van der Waals surface area contributed by atoms with Crippen LogP contribution in [0.15, 0.2) is 54.4 Å². The molecule has 1 aliphatic rings. The fourth-order valence-electron chi connectivity index (χ4n) is 2.11. The largest absolute Gasteiger partial charge is 0.335 e. The van der Waals surface area contributed by atoms with Crippen molar-refractivity contribution < 1.29 is 18.8 Å². The standard InChI is InChI=1S/C16H10FN3O3/c17-11-3-5-12(6-4-11)20-15(22)13(14(21)19-16(20)23)8-10-2-1-7-18-9-10/h1-9H,(H,19,21,23)/b13-8+. The summed E-state index contributed by atoms with van der Waals surface area (Å²) in [7, 11) is 0. The van der Waals surface area contributed by atoms with Gasteiger partial charge in [-0.25, -0.2) is 14.1 Å². The third-order valence-corrected chi connectivity index (χ3v) is 3.18. The van der Waals surface area contributed by atoms with Crippen molar-refractivity contribution in [2.45, 2.75) is 0 Å². The van der Waals surface area contributed by atoms with Crippen LogP contribution in [0.5, 0.6) is 0 Å². The topological polar surface area (TPSA) is 79.4 Å². The molecule has 0 spiro atoms. The van der Waals surface area contributed by atoms with E-state index in [1.807, 2.05) is 0 Å². The molecule has 1 aromatic carbocycles. The summed E-state index contributed by atoms with van der Waals surface area (Å²) in [5.41, 5.74) is 0.500. The number of anilines is 1. The summed E-state index contributed by atoms with van der Waals surface area (Å²) in [6, 6.07) is 7.25. The van der Waals surface area contributed by atoms with Gasteiger partial charge in [-0.15, -0.1) is 0 Å². The normalized spacial score (nSPS) is 16.7. The van der Waals surface area contributed by atoms with Crippen molar-refractivity contribution in [3.05, 3.63) is 65.7 Å². The molecule has 7 heteroatoms. The van der Waals surface area contributed by atoms with E-state index < -0.39 is 23.7 Å². The zero-order valence-electron chi connectivity index (χ0n) is 11.7. The number of nitrogens with zero attached hydrogens (tertiary/aromatic N) is 2. The number of pyridine rings is 1. The fraction of sp³-hybridized carbons (Fsp3) is 0. The number of halogens is 1. The van der Waals surface area contributed by atoms with Crippen molar-refractivity contribution >= 4 is 29.6 Å². The average Bonchev–Trinajstić information content (AvgIpc) is 2.54. The van der Waals surface area contributed by atoms with Crippen LogP contribution in [0.4, 0.5) is 14.9 Å². The number of rotatable bonds is 2. The number of aromatic nitrogens is 1. The van der Waals surface area contributed by atoms with Gasteiger partial charge >= 0.3 is 6.03 Å². The maximum Gasteiger partial charge on any atom is 0.335 e. The molecular formula is C16H10FN3O3. The number of benzene rings is 1. The molecule has 1 aromatic heterocycles. The van der Waals surface area contributed by atoms with Crippen LogP contribution in [0, 0.1) is 5.82 Å². The molecule has 0 aliphatic carbocycles. The maximum atomic E-state index is 13.0. The second-order valence-corrected chi connectivity index (χ2v) is 4.72. The fourth-order valence-corrected chi connectivity index (χ4v) is 2.11. The highest BCUT2D eigenvalue weighted by Gasteiger charge is 2.36. The highest BCUT2D eigenvalue weighted by Crippen LogP contribution is 2.21. The zero-order valence-corrected chi connectivity index (χ0v) is 11.7. The molecule has 0 atom stereocenters. The summed E-state index contributed by atoms with van der Waals surface area (Å²) < 4.78 is 13.0. The highest BCUT2D eigenvalue weighted by atomic mass is 19.1. The number of carbonyl (C=O) groups excluding carboxylic acids is 3. The van der Waals surface area contributed by atoms with E-state index in [4.69, 9.17) is 0 Å². The molecule has 2 heterocycles. The smallest absolute Gasteiger partial charge is 0.273 e. The Hall–Kier alpha value is -3.35. The number of hydrogen-bond acceptors (Lipinski definition) is 4. The maximum absolute atomic E-state index is 13.0. The Balaban J connectivity index is 2.01. The van der Waals surface area contributed by atoms with E-state index in [1.165, 1.54) is 24.4 Å². The predicted molar refractivity (Wildman–Crippen MR) is 79.6 cm³/mol. The molecule has 1 saturated heterocycles. The van der Waals surface area contributed by atoms with Crippen LogP contribution >= 0.6 is 0 Å². The summed E-state index contributed by atoms with van der Waals surface area (Å²) in [4.78, 5) is 41.0. The molecule has 1 fully saturated rings. The Morgan fingerprint density at radius 2 is 1.83 bits per heavy atom. The Kier molecular flexibility index (Phi) is 3.68. The first-order valence-corrected chi connectivity index (χ1v) is 6.63. The summed E-state index contributed by atoms with van der Waals surface area (Å²) in [6.07, 6.45) is 4.37. The second-order valence-electron chi connectivity index (χ2n) is 4.72. The molecule has 1 aliphatic heterocycles. The number of urea groups is 1. The zero-order chi connectivity index (χ0) is 16.4. The van der Waals surface area contributed by atoms with E-state index in [1.54, 1.807) is 18.3 Å². The molecule has 6 nitrogen and oxygen atoms in total. The van der Waals surface area contributed by atoms with Gasteiger partial charge in [0.25, 0.3) is 11.8 Å². The first kappa shape index (κ1) is 14.6. The molecule has 3 rings (SSSR count). The van der Waals surface area contributed by atoms with Crippen molar-refractivity contribution in [2.24, 2.45) is 0 Å². The van der Waals surface area contributed by atoms with E-state index in [2.05, 4.69) is 10.3 Å². The van der Waals surface area contributed by atoms with Crippen LogP contribution in [0.1, 0.15) is 5.56 Å². The minimum atomic E-state index is -0.880. The summed E-state index contributed by atoms with van der Waals surface area (Å²) in [5.74, 6) is -2.07. The molecule has 4 amide bonds. The van der Waals surface area contributed by atoms with Crippen LogP contribution in [0.2, 0.25) is 0 Å². The van der Waals surface area contributed by atoms with E-state index in [0.717, 1.165) is 17.0 Å². The van der Waals surface area contributed by atoms with Gasteiger partial charge in [0.2, 0.25) is 0 Å². The second kappa shape index (κ2) is 5.80. The van der Waals surface area contributed by atoms with Crippen LogP contribution in [0.3, 0.4) is 0 Å². The molecular weight excluding hydrogens is 301 g/mol. The lowest BCUT2D eigenvalue weighted by molar-refractivity contribution is -0.122. The van der Waals surface area contributed by atoms with Gasteiger partial charge in [-0.3, -0.25) is 19.9 Å². The van der Waals surface area contributed by atoms with Crippen LogP contribution < -0.4 is 10.2 Å². The number of barbiturate groups is 1. The monoisotopic (exact) mass is 311 g/mol.